The predicted molar refractivity (Wildman–Crippen MR) is 59.0 cm³/mol. The Hall–Kier alpha value is -2.44. The van der Waals surface area contributed by atoms with Gasteiger partial charge < -0.3 is 15.6 Å². The maximum absolute atomic E-state index is 11.7. The van der Waals surface area contributed by atoms with Crippen LogP contribution in [-0.2, 0) is 6.42 Å². The summed E-state index contributed by atoms with van der Waals surface area (Å²) in [5.41, 5.74) is 5.94. The Morgan fingerprint density at radius 1 is 1.47 bits per heavy atom. The zero-order valence-electron chi connectivity index (χ0n) is 8.96. The summed E-state index contributed by atoms with van der Waals surface area (Å²) in [7, 11) is 0. The van der Waals surface area contributed by atoms with Crippen LogP contribution in [0.5, 0.6) is 0 Å². The highest BCUT2D eigenvalue weighted by Gasteiger charge is 2.09. The zero-order valence-corrected chi connectivity index (χ0v) is 8.96. The van der Waals surface area contributed by atoms with Gasteiger partial charge in [0.25, 0.3) is 5.91 Å². The summed E-state index contributed by atoms with van der Waals surface area (Å²) in [6, 6.07) is 3.27. The minimum Gasteiger partial charge on any atom is -0.383 e. The van der Waals surface area contributed by atoms with Gasteiger partial charge >= 0.3 is 0 Å². The lowest BCUT2D eigenvalue weighted by Crippen LogP contribution is -2.26. The van der Waals surface area contributed by atoms with E-state index in [1.54, 1.807) is 12.1 Å². The average molecular weight is 233 g/mol. The van der Waals surface area contributed by atoms with E-state index in [2.05, 4.69) is 25.0 Å². The van der Waals surface area contributed by atoms with E-state index in [9.17, 15) is 4.79 Å². The monoisotopic (exact) mass is 233 g/mol. The highest BCUT2D eigenvalue weighted by atomic mass is 16.5. The van der Waals surface area contributed by atoms with Crippen LogP contribution >= 0.6 is 0 Å². The highest BCUT2D eigenvalue weighted by Crippen LogP contribution is 2.05. The molecular formula is C10H11N5O2. The lowest BCUT2D eigenvalue weighted by atomic mass is 10.2. The molecule has 0 radical (unpaired) electrons. The molecule has 0 atom stereocenters. The number of amides is 1. The van der Waals surface area contributed by atoms with Crippen molar-refractivity contribution >= 4 is 11.7 Å². The lowest BCUT2D eigenvalue weighted by Gasteiger charge is -2.04. The van der Waals surface area contributed by atoms with Gasteiger partial charge in [-0.2, -0.15) is 4.98 Å². The first kappa shape index (κ1) is 11.1. The number of carbonyl (C=O) groups excluding carboxylic acids is 1. The molecule has 0 aliphatic carbocycles. The molecule has 88 valence electrons. The van der Waals surface area contributed by atoms with Crippen molar-refractivity contribution in [2.75, 3.05) is 12.3 Å². The number of rotatable bonds is 4. The van der Waals surface area contributed by atoms with Gasteiger partial charge in [-0.25, -0.2) is 4.98 Å². The van der Waals surface area contributed by atoms with Crippen LogP contribution in [0.1, 0.15) is 16.2 Å². The van der Waals surface area contributed by atoms with Gasteiger partial charge in [-0.3, -0.25) is 4.79 Å². The largest absolute Gasteiger partial charge is 0.383 e. The van der Waals surface area contributed by atoms with Crippen molar-refractivity contribution < 1.29 is 9.32 Å². The van der Waals surface area contributed by atoms with Gasteiger partial charge in [0.2, 0.25) is 6.39 Å². The first-order chi connectivity index (χ1) is 8.27. The molecule has 0 spiro atoms. The van der Waals surface area contributed by atoms with E-state index in [1.165, 1.54) is 12.6 Å². The Kier molecular flexibility index (Phi) is 3.29. The fourth-order valence-corrected chi connectivity index (χ4v) is 1.30. The molecule has 0 aliphatic rings. The SMILES string of the molecule is Nc1ncccc1C(=O)NCCc1ncon1. The number of hydrogen-bond donors (Lipinski definition) is 2. The number of nitrogens with one attached hydrogen (secondary N) is 1. The van der Waals surface area contributed by atoms with Crippen LogP contribution in [0, 0.1) is 0 Å². The molecule has 0 unspecified atom stereocenters. The summed E-state index contributed by atoms with van der Waals surface area (Å²) in [6.45, 7) is 0.409. The molecule has 0 aromatic carbocycles. The van der Waals surface area contributed by atoms with Gasteiger partial charge in [-0.15, -0.1) is 0 Å². The van der Waals surface area contributed by atoms with E-state index >= 15 is 0 Å². The number of nitrogens with two attached hydrogens (primary N) is 1. The van der Waals surface area contributed by atoms with E-state index < -0.39 is 0 Å². The topological polar surface area (TPSA) is 107 Å². The lowest BCUT2D eigenvalue weighted by molar-refractivity contribution is 0.0954. The zero-order chi connectivity index (χ0) is 12.1. The first-order valence-electron chi connectivity index (χ1n) is 5.01. The molecule has 2 aromatic rings. The Morgan fingerprint density at radius 3 is 3.06 bits per heavy atom. The second-order valence-corrected chi connectivity index (χ2v) is 3.29. The van der Waals surface area contributed by atoms with E-state index in [0.717, 1.165) is 0 Å². The molecule has 3 N–H and O–H groups in total. The summed E-state index contributed by atoms with van der Waals surface area (Å²) in [5.74, 6) is 0.494. The van der Waals surface area contributed by atoms with E-state index in [1.807, 2.05) is 0 Å². The van der Waals surface area contributed by atoms with Gasteiger partial charge in [0, 0.05) is 19.2 Å². The Morgan fingerprint density at radius 2 is 2.35 bits per heavy atom. The second-order valence-electron chi connectivity index (χ2n) is 3.29. The summed E-state index contributed by atoms with van der Waals surface area (Å²) < 4.78 is 4.57. The molecule has 0 saturated heterocycles. The van der Waals surface area contributed by atoms with Gasteiger partial charge in [-0.05, 0) is 12.1 Å². The van der Waals surface area contributed by atoms with Gasteiger partial charge in [0.05, 0.1) is 5.56 Å². The van der Waals surface area contributed by atoms with Gasteiger partial charge in [0.15, 0.2) is 5.82 Å². The standard InChI is InChI=1S/C10H11N5O2/c11-9-7(2-1-4-12-9)10(16)13-5-3-8-14-6-17-15-8/h1-2,4,6H,3,5H2,(H2,11,12)(H,13,16). The molecule has 7 nitrogen and oxygen atoms in total. The van der Waals surface area contributed by atoms with Crippen LogP contribution in [0.3, 0.4) is 0 Å². The molecule has 2 heterocycles. The maximum Gasteiger partial charge on any atom is 0.255 e. The first-order valence-corrected chi connectivity index (χ1v) is 5.01. The van der Waals surface area contributed by atoms with Crippen molar-refractivity contribution in [2.45, 2.75) is 6.42 Å². The Balaban J connectivity index is 1.88. The van der Waals surface area contributed by atoms with Crippen LogP contribution in [-0.4, -0.2) is 27.6 Å². The maximum atomic E-state index is 11.7. The number of nitrogens with zero attached hydrogens (tertiary/aromatic N) is 3. The Bertz CT molecular complexity index is 497. The highest BCUT2D eigenvalue weighted by molar-refractivity contribution is 5.98. The summed E-state index contributed by atoms with van der Waals surface area (Å²) >= 11 is 0. The van der Waals surface area contributed by atoms with E-state index in [4.69, 9.17) is 5.73 Å². The predicted octanol–water partition coefficient (Wildman–Crippen LogP) is 0.0193. The summed E-state index contributed by atoms with van der Waals surface area (Å²) in [6.07, 6.45) is 3.28. The molecule has 17 heavy (non-hydrogen) atoms. The average Bonchev–Trinajstić information content (AvgIpc) is 2.82. The molecule has 0 bridgehead atoms. The molecule has 1 amide bonds. The van der Waals surface area contributed by atoms with Crippen molar-refractivity contribution in [1.29, 1.82) is 0 Å². The molecule has 0 saturated carbocycles. The van der Waals surface area contributed by atoms with Gasteiger partial charge in [-0.1, -0.05) is 5.16 Å². The quantitative estimate of drug-likeness (QED) is 0.770. The van der Waals surface area contributed by atoms with Crippen molar-refractivity contribution in [3.8, 4) is 0 Å². The number of hydrogen-bond acceptors (Lipinski definition) is 6. The number of pyridine rings is 1. The van der Waals surface area contributed by atoms with Crippen molar-refractivity contribution in [2.24, 2.45) is 0 Å². The second kappa shape index (κ2) is 5.06. The third-order valence-electron chi connectivity index (χ3n) is 2.12. The van der Waals surface area contributed by atoms with Crippen molar-refractivity contribution in [3.63, 3.8) is 0 Å². The van der Waals surface area contributed by atoms with Crippen molar-refractivity contribution in [3.05, 3.63) is 36.1 Å². The minimum absolute atomic E-state index is 0.213. The van der Waals surface area contributed by atoms with Crippen LogP contribution < -0.4 is 11.1 Å². The minimum atomic E-state index is -0.265. The third-order valence-corrected chi connectivity index (χ3v) is 2.12. The third kappa shape index (κ3) is 2.77. The van der Waals surface area contributed by atoms with Crippen LogP contribution in [0.25, 0.3) is 0 Å². The van der Waals surface area contributed by atoms with E-state index in [0.29, 0.717) is 24.4 Å². The Labute approximate surface area is 97.0 Å². The van der Waals surface area contributed by atoms with Crippen molar-refractivity contribution in [1.82, 2.24) is 20.4 Å². The molecule has 2 aromatic heterocycles. The summed E-state index contributed by atoms with van der Waals surface area (Å²) in [4.78, 5) is 19.4. The smallest absolute Gasteiger partial charge is 0.255 e. The fraction of sp³-hybridized carbons (Fsp3) is 0.200. The molecule has 0 aliphatic heterocycles. The number of aromatic nitrogens is 3. The number of anilines is 1. The van der Waals surface area contributed by atoms with Gasteiger partial charge in [0.1, 0.15) is 5.82 Å². The van der Waals surface area contributed by atoms with E-state index in [-0.39, 0.29) is 11.7 Å². The molecular weight excluding hydrogens is 222 g/mol. The molecule has 2 rings (SSSR count). The number of nitrogen functional groups attached to an aromatic ring is 1. The normalized spacial score (nSPS) is 10.1. The fourth-order valence-electron chi connectivity index (χ4n) is 1.30. The van der Waals surface area contributed by atoms with Crippen LogP contribution in [0.4, 0.5) is 5.82 Å². The summed E-state index contributed by atoms with van der Waals surface area (Å²) in [5, 5.41) is 6.33. The number of carbonyl (C=O) groups is 1. The molecule has 7 heteroatoms. The van der Waals surface area contributed by atoms with Crippen LogP contribution in [0.15, 0.2) is 29.2 Å². The molecule has 0 fully saturated rings. The van der Waals surface area contributed by atoms with Crippen LogP contribution in [0.2, 0.25) is 0 Å².